The molecule has 0 aliphatic heterocycles. The zero-order chi connectivity index (χ0) is 23.3. The topological polar surface area (TPSA) is 51.9 Å². The summed E-state index contributed by atoms with van der Waals surface area (Å²) in [6.45, 7) is 8.68. The van der Waals surface area contributed by atoms with E-state index in [-0.39, 0.29) is 49.7 Å². The van der Waals surface area contributed by atoms with Crippen LogP contribution >= 0.6 is 54.5 Å². The van der Waals surface area contributed by atoms with Crippen LogP contribution in [0.3, 0.4) is 0 Å². The molecule has 0 aliphatic rings. The molecule has 0 N–H and O–H groups in total. The van der Waals surface area contributed by atoms with Crippen molar-refractivity contribution in [3.8, 4) is 23.3 Å². The van der Waals surface area contributed by atoms with Crippen molar-refractivity contribution in [1.82, 2.24) is 0 Å². The molecule has 10 heteroatoms. The van der Waals surface area contributed by atoms with E-state index in [9.17, 15) is 13.2 Å². The largest absolute Gasteiger partial charge is 0.238 e. The number of nitrogens with zero attached hydrogens (tertiary/aromatic N) is 3. The number of hydrogen-bond donors (Lipinski definition) is 0. The first-order chi connectivity index (χ1) is 14.6. The van der Waals surface area contributed by atoms with Crippen LogP contribution < -0.4 is 0 Å². The van der Waals surface area contributed by atoms with Gasteiger partial charge in [-0.3, -0.25) is 0 Å². The first kappa shape index (κ1) is 28.2. The van der Waals surface area contributed by atoms with Crippen molar-refractivity contribution in [2.75, 3.05) is 0 Å². The van der Waals surface area contributed by atoms with Gasteiger partial charge < -0.3 is 0 Å². The summed E-state index contributed by atoms with van der Waals surface area (Å²) in [4.78, 5) is 3.32. The minimum atomic E-state index is -0.573. The second-order valence-corrected chi connectivity index (χ2v) is 8.88. The molecule has 0 saturated heterocycles. The van der Waals surface area contributed by atoms with Crippen LogP contribution in [0.2, 0.25) is 0 Å². The second-order valence-electron chi connectivity index (χ2n) is 6.01. The van der Waals surface area contributed by atoms with Gasteiger partial charge in [-0.15, -0.1) is 0 Å². The molecule has 0 bridgehead atoms. The predicted molar refractivity (Wildman–Crippen MR) is 127 cm³/mol. The van der Waals surface area contributed by atoms with Gasteiger partial charge in [-0.05, 0) is 108 Å². The third-order valence-electron chi connectivity index (χ3n) is 4.00. The Morgan fingerprint density at radius 1 is 0.844 bits per heavy atom. The maximum Gasteiger partial charge on any atom is 0.195 e. The maximum absolute atomic E-state index is 13.7. The van der Waals surface area contributed by atoms with Crippen LogP contribution in [0.25, 0.3) is 16.0 Å². The van der Waals surface area contributed by atoms with E-state index in [1.807, 2.05) is 34.7 Å². The fourth-order valence-electron chi connectivity index (χ4n) is 2.44. The molecular formula is C22H9Br2CuF3IN3. The fraction of sp³-hybridized carbons (Fsp3) is 0.0455. The predicted octanol–water partition coefficient (Wildman–Crippen LogP) is 8.19. The number of aryl methyl sites for hydroxylation is 1. The molecule has 0 unspecified atom stereocenters. The summed E-state index contributed by atoms with van der Waals surface area (Å²) in [5, 5.41) is 17.7. The van der Waals surface area contributed by atoms with Crippen molar-refractivity contribution in [2.24, 2.45) is 0 Å². The van der Waals surface area contributed by atoms with E-state index in [4.69, 9.17) is 17.1 Å². The van der Waals surface area contributed by atoms with Gasteiger partial charge in [0.1, 0.15) is 23.5 Å². The quantitative estimate of drug-likeness (QED) is 0.110. The number of rotatable bonds is 1. The zero-order valence-corrected chi connectivity index (χ0v) is 22.1. The normalized spacial score (nSPS) is 9.38. The van der Waals surface area contributed by atoms with Gasteiger partial charge in [0.2, 0.25) is 0 Å². The Kier molecular flexibility index (Phi) is 10.9. The van der Waals surface area contributed by atoms with Crippen LogP contribution in [0.1, 0.15) is 16.7 Å². The molecule has 0 fully saturated rings. The molecule has 0 saturated carbocycles. The molecule has 0 aliphatic carbocycles. The van der Waals surface area contributed by atoms with Gasteiger partial charge in [-0.1, -0.05) is 6.07 Å². The Morgan fingerprint density at radius 3 is 1.88 bits per heavy atom. The Morgan fingerprint density at radius 2 is 1.34 bits per heavy atom. The average molecular weight is 723 g/mol. The summed E-state index contributed by atoms with van der Waals surface area (Å²) < 4.78 is 41.2. The third kappa shape index (κ3) is 6.57. The summed E-state index contributed by atoms with van der Waals surface area (Å²) in [5.74, 6) is -1.41. The Balaban J connectivity index is 0.000000364. The molecule has 0 spiro atoms. The standard InChI is InChI=1S/C15H7BrF2N2.C7H2BrFIN.Cu/c1-8-3-15(20-2)11(6-13(8)17)10-5-14(18)12(16)4-9(10)7-19;8-5-1-4(3-11)7(10)2-6(5)9;/h3-6H,1H3;1-2H;. The SMILES string of the molecule is N#Cc1cc(Br)c(F)cc1I.[C-]#[N+]c1cc(C)c(F)cc1-c1cc(F)c(Br)cc1C#N.[Cu]. The van der Waals surface area contributed by atoms with E-state index < -0.39 is 11.6 Å². The summed E-state index contributed by atoms with van der Waals surface area (Å²) in [6.07, 6.45) is 0. The van der Waals surface area contributed by atoms with Gasteiger partial charge in [-0.2, -0.15) is 10.5 Å². The smallest absolute Gasteiger partial charge is 0.195 e. The Labute approximate surface area is 223 Å². The van der Waals surface area contributed by atoms with E-state index in [1.54, 1.807) is 6.92 Å². The number of nitriles is 2. The number of hydrogen-bond acceptors (Lipinski definition) is 2. The van der Waals surface area contributed by atoms with Crippen LogP contribution in [-0.4, -0.2) is 0 Å². The van der Waals surface area contributed by atoms with Gasteiger partial charge in [0.25, 0.3) is 0 Å². The summed E-state index contributed by atoms with van der Waals surface area (Å²) in [6, 6.07) is 11.7. The minimum Gasteiger partial charge on any atom is -0.238 e. The molecule has 0 aromatic heterocycles. The molecule has 3 nitrogen and oxygen atoms in total. The van der Waals surface area contributed by atoms with Gasteiger partial charge in [0, 0.05) is 20.6 Å². The van der Waals surface area contributed by atoms with E-state index in [1.165, 1.54) is 24.3 Å². The van der Waals surface area contributed by atoms with Crippen LogP contribution in [0.5, 0.6) is 0 Å². The molecule has 0 heterocycles. The van der Waals surface area contributed by atoms with Gasteiger partial charge in [0.15, 0.2) is 5.69 Å². The van der Waals surface area contributed by atoms with E-state index >= 15 is 0 Å². The monoisotopic (exact) mass is 720 g/mol. The molecule has 1 radical (unpaired) electrons. The molecule has 3 aromatic carbocycles. The summed E-state index contributed by atoms with van der Waals surface area (Å²) in [7, 11) is 0. The van der Waals surface area contributed by atoms with Crippen molar-refractivity contribution in [2.45, 2.75) is 6.92 Å². The molecule has 165 valence electrons. The van der Waals surface area contributed by atoms with Crippen molar-refractivity contribution in [3.05, 3.63) is 94.5 Å². The first-order valence-electron chi connectivity index (χ1n) is 8.24. The Hall–Kier alpha value is -1.87. The van der Waals surface area contributed by atoms with Crippen molar-refractivity contribution in [1.29, 1.82) is 10.5 Å². The van der Waals surface area contributed by atoms with Crippen molar-refractivity contribution < 1.29 is 30.2 Å². The molecule has 3 aromatic rings. The van der Waals surface area contributed by atoms with Crippen LogP contribution in [0.4, 0.5) is 18.9 Å². The minimum absolute atomic E-state index is 0. The molecular weight excluding hydrogens is 714 g/mol. The number of halogens is 6. The number of benzene rings is 3. The van der Waals surface area contributed by atoms with E-state index in [2.05, 4.69) is 36.7 Å². The van der Waals surface area contributed by atoms with Gasteiger partial charge in [0.05, 0.1) is 32.7 Å². The molecule has 0 atom stereocenters. The van der Waals surface area contributed by atoms with Crippen molar-refractivity contribution in [3.63, 3.8) is 0 Å². The first-order valence-corrected chi connectivity index (χ1v) is 10.9. The van der Waals surface area contributed by atoms with Crippen molar-refractivity contribution >= 4 is 60.1 Å². The third-order valence-corrected chi connectivity index (χ3v) is 6.11. The maximum atomic E-state index is 13.7. The fourth-order valence-corrected chi connectivity index (χ4v) is 3.68. The molecule has 3 rings (SSSR count). The molecule has 32 heavy (non-hydrogen) atoms. The van der Waals surface area contributed by atoms with Crippen LogP contribution in [0, 0.1) is 57.2 Å². The average Bonchev–Trinajstić information content (AvgIpc) is 2.74. The van der Waals surface area contributed by atoms with Gasteiger partial charge in [-0.25, -0.2) is 18.0 Å². The van der Waals surface area contributed by atoms with Crippen LogP contribution in [0.15, 0.2) is 45.3 Å². The van der Waals surface area contributed by atoms with E-state index in [0.29, 0.717) is 19.2 Å². The van der Waals surface area contributed by atoms with E-state index in [0.717, 1.165) is 12.1 Å². The van der Waals surface area contributed by atoms with Gasteiger partial charge >= 0.3 is 0 Å². The Bertz CT molecular complexity index is 1240. The molecule has 0 amide bonds. The zero-order valence-electron chi connectivity index (χ0n) is 15.9. The van der Waals surface area contributed by atoms with Crippen LogP contribution in [-0.2, 0) is 17.1 Å². The summed E-state index contributed by atoms with van der Waals surface area (Å²) >= 11 is 7.91. The second kappa shape index (κ2) is 12.4. The summed E-state index contributed by atoms with van der Waals surface area (Å²) in [5.41, 5.74) is 1.59.